The average Bonchev–Trinajstić information content (AvgIpc) is 3.16. The quantitative estimate of drug-likeness (QED) is 0.720. The van der Waals surface area contributed by atoms with E-state index >= 15 is 0 Å². The summed E-state index contributed by atoms with van der Waals surface area (Å²) in [6.07, 6.45) is 3.37. The minimum Gasteiger partial charge on any atom is -0.493 e. The van der Waals surface area contributed by atoms with Gasteiger partial charge >= 0.3 is 0 Å². The predicted molar refractivity (Wildman–Crippen MR) is 98.5 cm³/mol. The molecule has 1 aromatic rings. The van der Waals surface area contributed by atoms with E-state index in [1.54, 1.807) is 26.4 Å². The Morgan fingerprint density at radius 1 is 1.20 bits per heavy atom. The third kappa shape index (κ3) is 4.19. The van der Waals surface area contributed by atoms with Gasteiger partial charge in [0.25, 0.3) is 0 Å². The lowest BCUT2D eigenvalue weighted by atomic mass is 9.84. The van der Waals surface area contributed by atoms with E-state index in [-0.39, 0.29) is 30.3 Å². The normalized spacial score (nSPS) is 26.8. The lowest BCUT2D eigenvalue weighted by molar-refractivity contribution is -0.121. The fourth-order valence-corrected chi connectivity index (χ4v) is 4.05. The number of nitrogens with one attached hydrogen (secondary N) is 1. The monoisotopic (exact) mass is 370 g/mol. The molecular weight excluding hydrogens is 344 g/mol. The zero-order valence-electron chi connectivity index (χ0n) is 14.7. The minimum atomic E-state index is -0.0799. The van der Waals surface area contributed by atoms with Crippen LogP contribution in [0.2, 0.25) is 0 Å². The first kappa shape index (κ1) is 19.8. The highest BCUT2D eigenvalue weighted by atomic mass is 35.5. The van der Waals surface area contributed by atoms with Gasteiger partial charge in [0.15, 0.2) is 11.5 Å². The summed E-state index contributed by atoms with van der Waals surface area (Å²) in [4.78, 5) is 12.7. The fourth-order valence-electron chi connectivity index (χ4n) is 4.05. The van der Waals surface area contributed by atoms with Crippen molar-refractivity contribution in [2.24, 2.45) is 23.5 Å². The number of nitrogens with two attached hydrogens (primary N) is 1. The first-order chi connectivity index (χ1) is 11.6. The van der Waals surface area contributed by atoms with Crippen LogP contribution in [0.5, 0.6) is 11.5 Å². The number of anilines is 1. The summed E-state index contributed by atoms with van der Waals surface area (Å²) in [5, 5.41) is 3.00. The summed E-state index contributed by atoms with van der Waals surface area (Å²) in [5.41, 5.74) is 6.95. The Hall–Kier alpha value is -1.50. The maximum atomic E-state index is 12.7. The molecule has 0 spiro atoms. The van der Waals surface area contributed by atoms with Crippen molar-refractivity contribution in [2.75, 3.05) is 32.8 Å². The van der Waals surface area contributed by atoms with Crippen molar-refractivity contribution < 1.29 is 19.0 Å². The van der Waals surface area contributed by atoms with Crippen LogP contribution >= 0.6 is 12.4 Å². The van der Waals surface area contributed by atoms with Gasteiger partial charge in [0.05, 0.1) is 19.6 Å². The number of ether oxygens (including phenoxy) is 3. The number of carbonyl (C=O) groups excluding carboxylic acids is 1. The van der Waals surface area contributed by atoms with Crippen LogP contribution in [-0.4, -0.2) is 39.4 Å². The Kier molecular flexibility index (Phi) is 6.93. The molecule has 2 aliphatic carbocycles. The van der Waals surface area contributed by atoms with Crippen molar-refractivity contribution >= 4 is 24.0 Å². The molecule has 140 valence electrons. The number of carbonyl (C=O) groups is 1. The molecule has 4 unspecified atom stereocenters. The number of amides is 1. The molecule has 1 aromatic carbocycles. The Bertz CT molecular complexity index is 596. The molecule has 0 saturated heterocycles. The summed E-state index contributed by atoms with van der Waals surface area (Å²) in [6, 6.07) is 5.38. The van der Waals surface area contributed by atoms with Gasteiger partial charge in [0.2, 0.25) is 5.91 Å². The van der Waals surface area contributed by atoms with E-state index in [9.17, 15) is 4.79 Å². The molecule has 7 heteroatoms. The topological polar surface area (TPSA) is 82.8 Å². The minimum absolute atomic E-state index is 0. The standard InChI is InChI=1S/C18H26N2O4.ClH/c1-22-7-8-24-15-10-13(5-6-14(15)23-2)20-18(21)16-11-3-4-12(9-11)17(16)19;/h5-6,10-12,16-17H,3-4,7-9,19H2,1-2H3,(H,20,21);1H. The Morgan fingerprint density at radius 2 is 1.96 bits per heavy atom. The van der Waals surface area contributed by atoms with E-state index in [2.05, 4.69) is 5.32 Å². The summed E-state index contributed by atoms with van der Waals surface area (Å²) in [7, 11) is 3.21. The highest BCUT2D eigenvalue weighted by Crippen LogP contribution is 2.48. The maximum absolute atomic E-state index is 12.7. The van der Waals surface area contributed by atoms with Crippen LogP contribution in [0.3, 0.4) is 0 Å². The van der Waals surface area contributed by atoms with Gasteiger partial charge in [0, 0.05) is 24.9 Å². The van der Waals surface area contributed by atoms with Gasteiger partial charge < -0.3 is 25.3 Å². The van der Waals surface area contributed by atoms with E-state index in [0.29, 0.717) is 42.2 Å². The smallest absolute Gasteiger partial charge is 0.229 e. The Morgan fingerprint density at radius 3 is 2.60 bits per heavy atom. The SMILES string of the molecule is COCCOc1cc(NC(=O)C2C3CCC(C3)C2N)ccc1OC.Cl. The molecule has 1 amide bonds. The lowest BCUT2D eigenvalue weighted by Gasteiger charge is -2.27. The van der Waals surface area contributed by atoms with E-state index in [1.807, 2.05) is 6.07 Å². The van der Waals surface area contributed by atoms with Gasteiger partial charge in [-0.3, -0.25) is 4.79 Å². The van der Waals surface area contributed by atoms with Crippen LogP contribution in [0.1, 0.15) is 19.3 Å². The summed E-state index contributed by atoms with van der Waals surface area (Å²) >= 11 is 0. The van der Waals surface area contributed by atoms with Gasteiger partial charge in [0.1, 0.15) is 6.61 Å². The van der Waals surface area contributed by atoms with Crippen molar-refractivity contribution in [1.29, 1.82) is 0 Å². The Labute approximate surface area is 154 Å². The number of benzene rings is 1. The van der Waals surface area contributed by atoms with Crippen LogP contribution < -0.4 is 20.5 Å². The first-order valence-electron chi connectivity index (χ1n) is 8.50. The molecule has 25 heavy (non-hydrogen) atoms. The highest BCUT2D eigenvalue weighted by Gasteiger charge is 2.49. The number of hydrogen-bond acceptors (Lipinski definition) is 5. The molecule has 2 bridgehead atoms. The van der Waals surface area contributed by atoms with Crippen molar-refractivity contribution in [3.8, 4) is 11.5 Å². The number of rotatable bonds is 7. The number of hydrogen-bond donors (Lipinski definition) is 2. The first-order valence-corrected chi connectivity index (χ1v) is 8.50. The second kappa shape index (κ2) is 8.74. The van der Waals surface area contributed by atoms with Gasteiger partial charge in [-0.25, -0.2) is 0 Å². The molecular formula is C18H27ClN2O4. The van der Waals surface area contributed by atoms with Crippen LogP contribution in [0.4, 0.5) is 5.69 Å². The second-order valence-electron chi connectivity index (χ2n) is 6.63. The van der Waals surface area contributed by atoms with Crippen molar-refractivity contribution in [2.45, 2.75) is 25.3 Å². The van der Waals surface area contributed by atoms with Crippen LogP contribution in [0, 0.1) is 17.8 Å². The molecule has 2 aliphatic rings. The van der Waals surface area contributed by atoms with Crippen LogP contribution in [0.25, 0.3) is 0 Å². The van der Waals surface area contributed by atoms with Crippen molar-refractivity contribution in [1.82, 2.24) is 0 Å². The molecule has 2 fully saturated rings. The van der Waals surface area contributed by atoms with E-state index in [1.165, 1.54) is 0 Å². The lowest BCUT2D eigenvalue weighted by Crippen LogP contribution is -2.42. The van der Waals surface area contributed by atoms with Gasteiger partial charge in [-0.05, 0) is 43.2 Å². The van der Waals surface area contributed by atoms with Crippen LogP contribution in [0.15, 0.2) is 18.2 Å². The third-order valence-electron chi connectivity index (χ3n) is 5.26. The average molecular weight is 371 g/mol. The maximum Gasteiger partial charge on any atom is 0.229 e. The van der Waals surface area contributed by atoms with Crippen molar-refractivity contribution in [3.05, 3.63) is 18.2 Å². The largest absolute Gasteiger partial charge is 0.493 e. The molecule has 0 radical (unpaired) electrons. The molecule has 3 N–H and O–H groups in total. The third-order valence-corrected chi connectivity index (χ3v) is 5.26. The number of fused-ring (bicyclic) bond motifs is 2. The van der Waals surface area contributed by atoms with E-state index < -0.39 is 0 Å². The second-order valence-corrected chi connectivity index (χ2v) is 6.63. The molecule has 0 aromatic heterocycles. The van der Waals surface area contributed by atoms with Crippen LogP contribution in [-0.2, 0) is 9.53 Å². The predicted octanol–water partition coefficient (Wildman–Crippen LogP) is 2.45. The summed E-state index contributed by atoms with van der Waals surface area (Å²) < 4.78 is 15.9. The van der Waals surface area contributed by atoms with Gasteiger partial charge in [-0.2, -0.15) is 0 Å². The summed E-state index contributed by atoms with van der Waals surface area (Å²) in [6.45, 7) is 0.904. The van der Waals surface area contributed by atoms with Gasteiger partial charge in [-0.15, -0.1) is 12.4 Å². The fraction of sp³-hybridized carbons (Fsp3) is 0.611. The van der Waals surface area contributed by atoms with Gasteiger partial charge in [-0.1, -0.05) is 0 Å². The number of methoxy groups -OCH3 is 2. The van der Waals surface area contributed by atoms with E-state index in [4.69, 9.17) is 19.9 Å². The van der Waals surface area contributed by atoms with E-state index in [0.717, 1.165) is 19.3 Å². The molecule has 2 saturated carbocycles. The summed E-state index contributed by atoms with van der Waals surface area (Å²) in [5.74, 6) is 2.09. The Balaban J connectivity index is 0.00000225. The number of halogens is 1. The highest BCUT2D eigenvalue weighted by molar-refractivity contribution is 5.94. The molecule has 3 rings (SSSR count). The van der Waals surface area contributed by atoms with Crippen molar-refractivity contribution in [3.63, 3.8) is 0 Å². The zero-order valence-corrected chi connectivity index (χ0v) is 15.5. The molecule has 6 nitrogen and oxygen atoms in total. The molecule has 0 aliphatic heterocycles. The zero-order chi connectivity index (χ0) is 17.1. The molecule has 0 heterocycles. The molecule has 4 atom stereocenters.